The van der Waals surface area contributed by atoms with Crippen molar-refractivity contribution >= 4 is 17.4 Å². The molecule has 3 N–H and O–H groups in total. The third kappa shape index (κ3) is 3.92. The van der Waals surface area contributed by atoms with E-state index in [0.29, 0.717) is 0 Å². The minimum absolute atomic E-state index is 0.196. The summed E-state index contributed by atoms with van der Waals surface area (Å²) < 4.78 is 0. The topological polar surface area (TPSA) is 46.2 Å². The Labute approximate surface area is 114 Å². The Morgan fingerprint density at radius 1 is 1.39 bits per heavy atom. The molecule has 1 aliphatic rings. The molecule has 0 aromatic heterocycles. The number of benzene rings is 1. The molecular weight excluding hydrogens is 242 g/mol. The van der Waals surface area contributed by atoms with Crippen LogP contribution in [0, 0.1) is 12.8 Å². The summed E-state index contributed by atoms with van der Waals surface area (Å²) in [6.45, 7) is 2.04. The maximum Gasteiger partial charge on any atom is 0.0636 e. The maximum atomic E-state index is 10.1. The van der Waals surface area contributed by atoms with E-state index in [0.717, 1.165) is 28.7 Å². The minimum Gasteiger partial charge on any atom is -0.398 e. The van der Waals surface area contributed by atoms with Crippen LogP contribution in [0.2, 0.25) is 0 Å². The highest BCUT2D eigenvalue weighted by Crippen LogP contribution is 2.31. The summed E-state index contributed by atoms with van der Waals surface area (Å²) in [7, 11) is 0. The van der Waals surface area contributed by atoms with E-state index in [1.165, 1.54) is 31.2 Å². The number of rotatable bonds is 5. The molecule has 1 aliphatic carbocycles. The summed E-state index contributed by atoms with van der Waals surface area (Å²) in [5.74, 6) is 1.50. The number of anilines is 1. The lowest BCUT2D eigenvalue weighted by Crippen LogP contribution is -2.14. The smallest absolute Gasteiger partial charge is 0.0636 e. The zero-order valence-electron chi connectivity index (χ0n) is 11.1. The summed E-state index contributed by atoms with van der Waals surface area (Å²) in [4.78, 5) is 1.09. The second kappa shape index (κ2) is 6.48. The molecule has 1 aromatic rings. The van der Waals surface area contributed by atoms with Crippen LogP contribution in [0.1, 0.15) is 37.7 Å². The lowest BCUT2D eigenvalue weighted by Gasteiger charge is -2.15. The third-order valence-electron chi connectivity index (χ3n) is 3.68. The van der Waals surface area contributed by atoms with Gasteiger partial charge in [0.05, 0.1) is 6.10 Å². The van der Waals surface area contributed by atoms with E-state index in [1.54, 1.807) is 11.8 Å². The largest absolute Gasteiger partial charge is 0.398 e. The first-order chi connectivity index (χ1) is 8.65. The molecule has 0 heterocycles. The fourth-order valence-corrected chi connectivity index (χ4v) is 3.58. The number of nitrogens with two attached hydrogens (primary N) is 1. The molecule has 0 saturated heterocycles. The van der Waals surface area contributed by atoms with Gasteiger partial charge in [-0.1, -0.05) is 31.7 Å². The Hall–Kier alpha value is -0.670. The average Bonchev–Trinajstić information content (AvgIpc) is 2.80. The lowest BCUT2D eigenvalue weighted by molar-refractivity contribution is 0.166. The quantitative estimate of drug-likeness (QED) is 0.631. The zero-order chi connectivity index (χ0) is 13.0. The Balaban J connectivity index is 1.79. The number of nitrogen functional groups attached to an aromatic ring is 1. The summed E-state index contributed by atoms with van der Waals surface area (Å²) >= 11 is 1.67. The van der Waals surface area contributed by atoms with Crippen LogP contribution >= 0.6 is 11.8 Å². The Kier molecular flexibility index (Phi) is 4.95. The summed E-state index contributed by atoms with van der Waals surface area (Å²) in [5, 5.41) is 10.1. The molecule has 0 radical (unpaired) electrons. The van der Waals surface area contributed by atoms with Gasteiger partial charge >= 0.3 is 0 Å². The van der Waals surface area contributed by atoms with Gasteiger partial charge in [-0.3, -0.25) is 0 Å². The molecule has 3 heteroatoms. The first-order valence-electron chi connectivity index (χ1n) is 6.82. The van der Waals surface area contributed by atoms with Crippen molar-refractivity contribution in [2.75, 3.05) is 11.5 Å². The van der Waals surface area contributed by atoms with Gasteiger partial charge in [-0.2, -0.15) is 0 Å². The van der Waals surface area contributed by atoms with Gasteiger partial charge in [-0.25, -0.2) is 0 Å². The van der Waals surface area contributed by atoms with Gasteiger partial charge in [0.1, 0.15) is 0 Å². The van der Waals surface area contributed by atoms with E-state index in [2.05, 4.69) is 12.1 Å². The van der Waals surface area contributed by atoms with Crippen LogP contribution in [0.25, 0.3) is 0 Å². The molecule has 0 aliphatic heterocycles. The SMILES string of the molecule is Cc1ccc(SCC(O)CC2CCCC2)c(N)c1. The molecule has 1 unspecified atom stereocenters. The van der Waals surface area contributed by atoms with Gasteiger partial charge in [0.25, 0.3) is 0 Å². The highest BCUT2D eigenvalue weighted by atomic mass is 32.2. The van der Waals surface area contributed by atoms with E-state index in [1.807, 2.05) is 13.0 Å². The molecule has 1 atom stereocenters. The van der Waals surface area contributed by atoms with Crippen LogP contribution in [0.3, 0.4) is 0 Å². The molecule has 0 bridgehead atoms. The molecule has 100 valence electrons. The highest BCUT2D eigenvalue weighted by molar-refractivity contribution is 7.99. The van der Waals surface area contributed by atoms with E-state index in [-0.39, 0.29) is 6.10 Å². The van der Waals surface area contributed by atoms with Crippen LogP contribution in [-0.2, 0) is 0 Å². The van der Waals surface area contributed by atoms with Crippen molar-refractivity contribution < 1.29 is 5.11 Å². The van der Waals surface area contributed by atoms with Crippen LogP contribution in [-0.4, -0.2) is 17.0 Å². The van der Waals surface area contributed by atoms with Crippen molar-refractivity contribution in [2.45, 2.75) is 50.0 Å². The van der Waals surface area contributed by atoms with Gasteiger partial charge in [0.2, 0.25) is 0 Å². The monoisotopic (exact) mass is 265 g/mol. The van der Waals surface area contributed by atoms with Gasteiger partial charge in [-0.05, 0) is 37.0 Å². The fraction of sp³-hybridized carbons (Fsp3) is 0.600. The van der Waals surface area contributed by atoms with Crippen molar-refractivity contribution in [1.29, 1.82) is 0 Å². The normalized spacial score (nSPS) is 18.1. The Bertz CT molecular complexity index is 388. The van der Waals surface area contributed by atoms with Crippen molar-refractivity contribution in [1.82, 2.24) is 0 Å². The number of aliphatic hydroxyl groups excluding tert-OH is 1. The number of aryl methyl sites for hydroxylation is 1. The number of hydrogen-bond donors (Lipinski definition) is 2. The van der Waals surface area contributed by atoms with Crippen LogP contribution in [0.4, 0.5) is 5.69 Å². The van der Waals surface area contributed by atoms with Crippen molar-refractivity contribution in [3.8, 4) is 0 Å². The summed E-state index contributed by atoms with van der Waals surface area (Å²) in [5.41, 5.74) is 7.98. The molecular formula is C15H23NOS. The maximum absolute atomic E-state index is 10.1. The lowest BCUT2D eigenvalue weighted by atomic mass is 10.0. The molecule has 0 spiro atoms. The molecule has 2 nitrogen and oxygen atoms in total. The number of aliphatic hydroxyl groups is 1. The molecule has 1 fully saturated rings. The van der Waals surface area contributed by atoms with Gasteiger partial charge in [-0.15, -0.1) is 11.8 Å². The predicted octanol–water partition coefficient (Wildman–Crippen LogP) is 3.61. The summed E-state index contributed by atoms with van der Waals surface area (Å²) in [6, 6.07) is 6.12. The van der Waals surface area contributed by atoms with Gasteiger partial charge in [0.15, 0.2) is 0 Å². The van der Waals surface area contributed by atoms with Crippen LogP contribution < -0.4 is 5.73 Å². The average molecular weight is 265 g/mol. The van der Waals surface area contributed by atoms with E-state index in [4.69, 9.17) is 5.73 Å². The minimum atomic E-state index is -0.196. The first kappa shape index (κ1) is 13.8. The van der Waals surface area contributed by atoms with E-state index < -0.39 is 0 Å². The molecule has 18 heavy (non-hydrogen) atoms. The first-order valence-corrected chi connectivity index (χ1v) is 7.80. The number of thioether (sulfide) groups is 1. The molecule has 0 amide bonds. The van der Waals surface area contributed by atoms with Crippen molar-refractivity contribution in [2.24, 2.45) is 5.92 Å². The predicted molar refractivity (Wildman–Crippen MR) is 78.9 cm³/mol. The Morgan fingerprint density at radius 2 is 2.11 bits per heavy atom. The van der Waals surface area contributed by atoms with Crippen molar-refractivity contribution in [3.05, 3.63) is 23.8 Å². The molecule has 1 aromatic carbocycles. The molecule has 2 rings (SSSR count). The van der Waals surface area contributed by atoms with Gasteiger partial charge < -0.3 is 10.8 Å². The zero-order valence-corrected chi connectivity index (χ0v) is 11.9. The second-order valence-electron chi connectivity index (χ2n) is 5.39. The van der Waals surface area contributed by atoms with E-state index >= 15 is 0 Å². The van der Waals surface area contributed by atoms with E-state index in [9.17, 15) is 5.11 Å². The third-order valence-corrected chi connectivity index (χ3v) is 4.91. The number of hydrogen-bond acceptors (Lipinski definition) is 3. The standard InChI is InChI=1S/C15H23NOS/c1-11-6-7-15(14(16)8-11)18-10-13(17)9-12-4-2-3-5-12/h6-8,12-13,17H,2-5,9-10,16H2,1H3. The second-order valence-corrected chi connectivity index (χ2v) is 6.45. The fourth-order valence-electron chi connectivity index (χ4n) is 2.68. The van der Waals surface area contributed by atoms with Crippen LogP contribution in [0.5, 0.6) is 0 Å². The van der Waals surface area contributed by atoms with Gasteiger partial charge in [0, 0.05) is 16.3 Å². The molecule has 1 saturated carbocycles. The van der Waals surface area contributed by atoms with Crippen molar-refractivity contribution in [3.63, 3.8) is 0 Å². The van der Waals surface area contributed by atoms with Crippen LogP contribution in [0.15, 0.2) is 23.1 Å². The Morgan fingerprint density at radius 3 is 2.78 bits per heavy atom. The summed E-state index contributed by atoms with van der Waals surface area (Å²) in [6.07, 6.45) is 6.05. The highest BCUT2D eigenvalue weighted by Gasteiger charge is 2.19.